The summed E-state index contributed by atoms with van der Waals surface area (Å²) in [7, 11) is -4.38. The summed E-state index contributed by atoms with van der Waals surface area (Å²) in [5.74, 6) is 0. The third-order valence-electron chi connectivity index (χ3n) is 4.35. The van der Waals surface area contributed by atoms with Crippen molar-refractivity contribution in [3.63, 3.8) is 0 Å². The number of rotatable bonds is 22. The number of unbranched alkanes of at least 4 members (excludes halogenated alkanes) is 7. The number of aliphatic hydroxyl groups excluding tert-OH is 3. The van der Waals surface area contributed by atoms with E-state index in [2.05, 4.69) is 40.3 Å². The molecule has 0 saturated carbocycles. The molecule has 0 aromatic rings. The van der Waals surface area contributed by atoms with Crippen LogP contribution >= 0.6 is 7.82 Å². The molecule has 0 spiro atoms. The van der Waals surface area contributed by atoms with E-state index < -0.39 is 39.9 Å². The van der Waals surface area contributed by atoms with E-state index >= 15 is 0 Å². The number of ether oxygens (including phenoxy) is 1. The monoisotopic (exact) mass is 466 g/mol. The Hall–Kier alpha value is -0.570. The molecule has 3 unspecified atom stereocenters. The lowest BCUT2D eigenvalue weighted by molar-refractivity contribution is -0.00437. The Morgan fingerprint density at radius 2 is 1.39 bits per heavy atom. The van der Waals surface area contributed by atoms with Gasteiger partial charge in [-0.1, -0.05) is 63.3 Å². The molecule has 0 heterocycles. The lowest BCUT2D eigenvalue weighted by atomic mass is 10.1. The lowest BCUT2D eigenvalue weighted by Crippen LogP contribution is -2.23. The van der Waals surface area contributed by atoms with Crippen molar-refractivity contribution in [2.75, 3.05) is 33.0 Å². The Bertz CT molecular complexity index is 498. The zero-order valence-corrected chi connectivity index (χ0v) is 19.8. The molecule has 8 nitrogen and oxygen atoms in total. The molecule has 0 bridgehead atoms. The molecule has 4 N–H and O–H groups in total. The number of allylic oxidation sites excluding steroid dienone is 4. The summed E-state index contributed by atoms with van der Waals surface area (Å²) < 4.78 is 26.0. The molecule has 9 heteroatoms. The Morgan fingerprint density at radius 1 is 0.806 bits per heavy atom. The van der Waals surface area contributed by atoms with Gasteiger partial charge in [-0.05, 0) is 32.1 Å². The van der Waals surface area contributed by atoms with Gasteiger partial charge in [-0.2, -0.15) is 0 Å². The lowest BCUT2D eigenvalue weighted by Gasteiger charge is -2.16. The van der Waals surface area contributed by atoms with Crippen LogP contribution in [0.5, 0.6) is 0 Å². The SMILES string of the molecule is CCC/C=C\C/C=C\CCCCCCCCOCC(O)COP(=O)(O)OCC(O)CO. The molecule has 3 atom stereocenters. The summed E-state index contributed by atoms with van der Waals surface area (Å²) in [6, 6.07) is 0. The number of phosphoric ester groups is 1. The molecule has 31 heavy (non-hydrogen) atoms. The van der Waals surface area contributed by atoms with E-state index in [1.165, 1.54) is 25.7 Å². The molecule has 0 aromatic carbocycles. The van der Waals surface area contributed by atoms with E-state index in [1.54, 1.807) is 0 Å². The zero-order valence-electron chi connectivity index (χ0n) is 18.9. The van der Waals surface area contributed by atoms with Crippen molar-refractivity contribution in [1.29, 1.82) is 0 Å². The van der Waals surface area contributed by atoms with Gasteiger partial charge in [0.25, 0.3) is 0 Å². The molecule has 0 rings (SSSR count). The van der Waals surface area contributed by atoms with Crippen molar-refractivity contribution in [3.05, 3.63) is 24.3 Å². The molecule has 0 amide bonds. The molecule has 0 aliphatic carbocycles. The predicted octanol–water partition coefficient (Wildman–Crippen LogP) is 3.88. The van der Waals surface area contributed by atoms with E-state index in [9.17, 15) is 14.6 Å². The van der Waals surface area contributed by atoms with Crippen LogP contribution in [0, 0.1) is 0 Å². The normalized spacial score (nSPS) is 16.2. The molecule has 0 aromatic heterocycles. The van der Waals surface area contributed by atoms with E-state index in [1.807, 2.05) is 0 Å². The summed E-state index contributed by atoms with van der Waals surface area (Å²) in [5.41, 5.74) is 0. The van der Waals surface area contributed by atoms with Gasteiger partial charge >= 0.3 is 7.82 Å². The fourth-order valence-corrected chi connectivity index (χ4v) is 3.36. The van der Waals surface area contributed by atoms with Crippen molar-refractivity contribution >= 4 is 7.82 Å². The van der Waals surface area contributed by atoms with Crippen LogP contribution in [0.2, 0.25) is 0 Å². The Morgan fingerprint density at radius 3 is 2.03 bits per heavy atom. The van der Waals surface area contributed by atoms with E-state index in [4.69, 9.17) is 14.9 Å². The molecule has 0 saturated heterocycles. The Labute approximate surface area is 187 Å². The average molecular weight is 467 g/mol. The third-order valence-corrected chi connectivity index (χ3v) is 5.30. The summed E-state index contributed by atoms with van der Waals surface area (Å²) >= 11 is 0. The fourth-order valence-electron chi connectivity index (χ4n) is 2.56. The molecular formula is C22H43O8P. The van der Waals surface area contributed by atoms with Gasteiger partial charge in [0.1, 0.15) is 12.2 Å². The number of phosphoric acid groups is 1. The first kappa shape index (κ1) is 30.4. The number of hydrogen-bond donors (Lipinski definition) is 4. The van der Waals surface area contributed by atoms with Crippen molar-refractivity contribution in [2.45, 2.75) is 83.3 Å². The molecule has 0 aliphatic rings. The molecule has 0 aliphatic heterocycles. The highest BCUT2D eigenvalue weighted by molar-refractivity contribution is 7.47. The maximum Gasteiger partial charge on any atom is 0.472 e. The maximum absolute atomic E-state index is 11.5. The Kier molecular flexibility index (Phi) is 20.9. The minimum absolute atomic E-state index is 0.000761. The van der Waals surface area contributed by atoms with E-state index in [-0.39, 0.29) is 6.61 Å². The largest absolute Gasteiger partial charge is 0.472 e. The summed E-state index contributed by atoms with van der Waals surface area (Å²) in [5, 5.41) is 27.4. The Balaban J connectivity index is 3.46. The fraction of sp³-hybridized carbons (Fsp3) is 0.818. The van der Waals surface area contributed by atoms with Gasteiger partial charge in [0.15, 0.2) is 0 Å². The van der Waals surface area contributed by atoms with Crippen LogP contribution < -0.4 is 0 Å². The molecular weight excluding hydrogens is 423 g/mol. The summed E-state index contributed by atoms with van der Waals surface area (Å²) in [4.78, 5) is 9.38. The smallest absolute Gasteiger partial charge is 0.394 e. The molecule has 184 valence electrons. The highest BCUT2D eigenvalue weighted by Crippen LogP contribution is 2.43. The predicted molar refractivity (Wildman–Crippen MR) is 122 cm³/mol. The van der Waals surface area contributed by atoms with Crippen LogP contribution in [0.4, 0.5) is 0 Å². The minimum atomic E-state index is -4.38. The van der Waals surface area contributed by atoms with Gasteiger partial charge in [0.05, 0.1) is 26.4 Å². The van der Waals surface area contributed by atoms with Gasteiger partial charge in [-0.25, -0.2) is 4.57 Å². The van der Waals surface area contributed by atoms with E-state index in [0.29, 0.717) is 6.61 Å². The van der Waals surface area contributed by atoms with Gasteiger partial charge < -0.3 is 24.9 Å². The van der Waals surface area contributed by atoms with Gasteiger partial charge in [0, 0.05) is 6.61 Å². The van der Waals surface area contributed by atoms with E-state index in [0.717, 1.165) is 38.5 Å². The van der Waals surface area contributed by atoms with Crippen molar-refractivity contribution in [2.24, 2.45) is 0 Å². The third kappa shape index (κ3) is 22.4. The highest BCUT2D eigenvalue weighted by atomic mass is 31.2. The second-order valence-corrected chi connectivity index (χ2v) is 8.96. The van der Waals surface area contributed by atoms with Crippen LogP contribution in [0.1, 0.15) is 71.1 Å². The van der Waals surface area contributed by atoms with Gasteiger partial charge in [-0.3, -0.25) is 9.05 Å². The quantitative estimate of drug-likeness (QED) is 0.108. The molecule has 0 fully saturated rings. The average Bonchev–Trinajstić information content (AvgIpc) is 2.76. The van der Waals surface area contributed by atoms with Crippen molar-refractivity contribution in [1.82, 2.24) is 0 Å². The minimum Gasteiger partial charge on any atom is -0.394 e. The van der Waals surface area contributed by atoms with Crippen LogP contribution in [0.25, 0.3) is 0 Å². The van der Waals surface area contributed by atoms with Crippen LogP contribution in [-0.2, 0) is 18.3 Å². The molecule has 0 radical (unpaired) electrons. The van der Waals surface area contributed by atoms with Crippen molar-refractivity contribution < 1.29 is 38.6 Å². The highest BCUT2D eigenvalue weighted by Gasteiger charge is 2.24. The first-order valence-corrected chi connectivity index (χ1v) is 12.9. The number of hydrogen-bond acceptors (Lipinski definition) is 7. The van der Waals surface area contributed by atoms with Gasteiger partial charge in [0.2, 0.25) is 0 Å². The number of aliphatic hydroxyl groups is 3. The second kappa shape index (κ2) is 21.3. The first-order valence-electron chi connectivity index (χ1n) is 11.4. The summed E-state index contributed by atoms with van der Waals surface area (Å²) in [6.07, 6.45) is 17.9. The van der Waals surface area contributed by atoms with Crippen LogP contribution in [0.3, 0.4) is 0 Å². The first-order chi connectivity index (χ1) is 14.9. The zero-order chi connectivity index (χ0) is 23.2. The van der Waals surface area contributed by atoms with Crippen LogP contribution in [-0.4, -0.2) is 65.5 Å². The summed E-state index contributed by atoms with van der Waals surface area (Å²) in [6.45, 7) is 1.14. The maximum atomic E-state index is 11.5. The second-order valence-electron chi connectivity index (χ2n) is 7.50. The van der Waals surface area contributed by atoms with Crippen molar-refractivity contribution in [3.8, 4) is 0 Å². The standard InChI is InChI=1S/C22H43O8P/c1-2-3-4-5-6-7-8-9-10-11-12-13-14-15-16-28-18-22(25)20-30-31(26,27)29-19-21(24)17-23/h4-5,7-8,21-25H,2-3,6,9-20H2,1H3,(H,26,27)/b5-4-,8-7-. The van der Waals surface area contributed by atoms with Crippen LogP contribution in [0.15, 0.2) is 24.3 Å². The van der Waals surface area contributed by atoms with Gasteiger partial charge in [-0.15, -0.1) is 0 Å². The topological polar surface area (TPSA) is 126 Å².